The molecule has 0 bridgehead atoms. The number of pyridine rings is 1. The van der Waals surface area contributed by atoms with Gasteiger partial charge in [-0.3, -0.25) is 4.79 Å². The summed E-state index contributed by atoms with van der Waals surface area (Å²) in [6.07, 6.45) is 1.03. The summed E-state index contributed by atoms with van der Waals surface area (Å²) in [5, 5.41) is 2.75. The maximum atomic E-state index is 13.6. The lowest BCUT2D eigenvalue weighted by atomic mass is 10.2. The minimum absolute atomic E-state index is 0.0532. The first-order valence-corrected chi connectivity index (χ1v) is 7.84. The lowest BCUT2D eigenvalue weighted by Crippen LogP contribution is -2.23. The molecule has 126 valence electrons. The quantitative estimate of drug-likeness (QED) is 0.758. The van der Waals surface area contributed by atoms with Crippen LogP contribution in [0.1, 0.15) is 21.5 Å². The summed E-state index contributed by atoms with van der Waals surface area (Å²) in [6, 6.07) is 17.9. The average molecular weight is 336 g/mol. The normalized spacial score (nSPS) is 10.3. The van der Waals surface area contributed by atoms with Crippen LogP contribution in [0.3, 0.4) is 0 Å². The van der Waals surface area contributed by atoms with Gasteiger partial charge in [-0.25, -0.2) is 9.37 Å². The average Bonchev–Trinajstić information content (AvgIpc) is 2.62. The van der Waals surface area contributed by atoms with Gasteiger partial charge in [0.1, 0.15) is 17.1 Å². The molecule has 25 heavy (non-hydrogen) atoms. The van der Waals surface area contributed by atoms with E-state index in [4.69, 9.17) is 4.74 Å². The third-order valence-corrected chi connectivity index (χ3v) is 3.56. The molecule has 5 heteroatoms. The summed E-state index contributed by atoms with van der Waals surface area (Å²) in [5.41, 5.74) is 2.01. The van der Waals surface area contributed by atoms with E-state index >= 15 is 0 Å². The monoisotopic (exact) mass is 336 g/mol. The summed E-state index contributed by atoms with van der Waals surface area (Å²) in [5.74, 6) is -0.436. The summed E-state index contributed by atoms with van der Waals surface area (Å²) >= 11 is 0. The van der Waals surface area contributed by atoms with Gasteiger partial charge in [0.05, 0.1) is 6.20 Å². The number of ether oxygens (including phenoxy) is 1. The number of carbonyl (C=O) groups is 1. The fourth-order valence-electron chi connectivity index (χ4n) is 2.33. The van der Waals surface area contributed by atoms with Gasteiger partial charge in [0.25, 0.3) is 5.91 Å². The number of nitrogens with zero attached hydrogens (tertiary/aromatic N) is 1. The lowest BCUT2D eigenvalue weighted by molar-refractivity contribution is 0.0947. The molecule has 0 saturated heterocycles. The standard InChI is InChI=1S/C20H17FN2O2/c1-14-6-5-9-17(10-14)25-20-18(11-16(21)13-23-20)19(24)22-12-15-7-3-2-4-8-15/h2-11,13H,12H2,1H3,(H,22,24). The van der Waals surface area contributed by atoms with Crippen LogP contribution in [0.2, 0.25) is 0 Å². The van der Waals surface area contributed by atoms with Crippen molar-refractivity contribution < 1.29 is 13.9 Å². The van der Waals surface area contributed by atoms with E-state index in [0.717, 1.165) is 23.4 Å². The zero-order chi connectivity index (χ0) is 17.6. The molecule has 0 aliphatic carbocycles. The molecule has 0 saturated carbocycles. The van der Waals surface area contributed by atoms with E-state index in [-0.39, 0.29) is 11.4 Å². The maximum Gasteiger partial charge on any atom is 0.257 e. The Morgan fingerprint density at radius 2 is 1.92 bits per heavy atom. The number of hydrogen-bond acceptors (Lipinski definition) is 3. The van der Waals surface area contributed by atoms with Crippen molar-refractivity contribution in [1.82, 2.24) is 10.3 Å². The number of halogens is 1. The molecule has 2 aromatic carbocycles. The van der Waals surface area contributed by atoms with Crippen LogP contribution in [-0.4, -0.2) is 10.9 Å². The van der Waals surface area contributed by atoms with Crippen molar-refractivity contribution in [3.8, 4) is 11.6 Å². The number of aromatic nitrogens is 1. The van der Waals surface area contributed by atoms with Gasteiger partial charge in [-0.1, -0.05) is 42.5 Å². The van der Waals surface area contributed by atoms with Crippen LogP contribution in [0.5, 0.6) is 11.6 Å². The second-order valence-electron chi connectivity index (χ2n) is 5.59. The minimum atomic E-state index is -0.596. The Kier molecular flexibility index (Phi) is 5.04. The van der Waals surface area contributed by atoms with Crippen molar-refractivity contribution in [1.29, 1.82) is 0 Å². The molecule has 1 N–H and O–H groups in total. The Morgan fingerprint density at radius 1 is 1.12 bits per heavy atom. The predicted octanol–water partition coefficient (Wildman–Crippen LogP) is 4.25. The summed E-state index contributed by atoms with van der Waals surface area (Å²) in [6.45, 7) is 2.26. The number of aryl methyl sites for hydroxylation is 1. The van der Waals surface area contributed by atoms with Gasteiger partial charge in [-0.05, 0) is 36.2 Å². The highest BCUT2D eigenvalue weighted by Crippen LogP contribution is 2.24. The predicted molar refractivity (Wildman–Crippen MR) is 93.1 cm³/mol. The Labute approximate surface area is 145 Å². The first-order valence-electron chi connectivity index (χ1n) is 7.84. The van der Waals surface area contributed by atoms with Crippen molar-refractivity contribution >= 4 is 5.91 Å². The van der Waals surface area contributed by atoms with E-state index < -0.39 is 11.7 Å². The molecule has 0 fully saturated rings. The zero-order valence-corrected chi connectivity index (χ0v) is 13.7. The van der Waals surface area contributed by atoms with Crippen LogP contribution in [0.15, 0.2) is 66.9 Å². The molecule has 0 radical (unpaired) electrons. The lowest BCUT2D eigenvalue weighted by Gasteiger charge is -2.11. The van der Waals surface area contributed by atoms with E-state index in [1.807, 2.05) is 55.5 Å². The van der Waals surface area contributed by atoms with Crippen LogP contribution in [-0.2, 0) is 6.54 Å². The van der Waals surface area contributed by atoms with Crippen molar-refractivity contribution in [2.24, 2.45) is 0 Å². The number of rotatable bonds is 5. The Hall–Kier alpha value is -3.21. The highest BCUT2D eigenvalue weighted by molar-refractivity contribution is 5.96. The Balaban J connectivity index is 1.79. The maximum absolute atomic E-state index is 13.6. The first kappa shape index (κ1) is 16.6. The van der Waals surface area contributed by atoms with Crippen LogP contribution < -0.4 is 10.1 Å². The molecule has 1 aromatic heterocycles. The number of amides is 1. The molecule has 1 heterocycles. The molecule has 3 aromatic rings. The molecular formula is C20H17FN2O2. The van der Waals surface area contributed by atoms with Gasteiger partial charge in [0, 0.05) is 6.54 Å². The van der Waals surface area contributed by atoms with Crippen LogP contribution >= 0.6 is 0 Å². The molecule has 3 rings (SSSR count). The van der Waals surface area contributed by atoms with Gasteiger partial charge >= 0.3 is 0 Å². The van der Waals surface area contributed by atoms with E-state index in [1.165, 1.54) is 0 Å². The molecule has 0 spiro atoms. The number of nitrogens with one attached hydrogen (secondary N) is 1. The SMILES string of the molecule is Cc1cccc(Oc2ncc(F)cc2C(=O)NCc2ccccc2)c1. The summed E-state index contributed by atoms with van der Waals surface area (Å²) in [7, 11) is 0. The van der Waals surface area contributed by atoms with E-state index in [9.17, 15) is 9.18 Å². The smallest absolute Gasteiger partial charge is 0.257 e. The van der Waals surface area contributed by atoms with Crippen molar-refractivity contribution in [2.45, 2.75) is 13.5 Å². The highest BCUT2D eigenvalue weighted by atomic mass is 19.1. The molecule has 0 aliphatic heterocycles. The van der Waals surface area contributed by atoms with Crippen molar-refractivity contribution in [2.75, 3.05) is 0 Å². The first-order chi connectivity index (χ1) is 12.1. The van der Waals surface area contributed by atoms with Gasteiger partial charge in [0.2, 0.25) is 5.88 Å². The van der Waals surface area contributed by atoms with Gasteiger partial charge in [-0.2, -0.15) is 0 Å². The van der Waals surface area contributed by atoms with Crippen LogP contribution in [0, 0.1) is 12.7 Å². The number of carbonyl (C=O) groups excluding carboxylic acids is 1. The minimum Gasteiger partial charge on any atom is -0.438 e. The Bertz CT molecular complexity index is 882. The second kappa shape index (κ2) is 7.57. The Morgan fingerprint density at radius 3 is 2.68 bits per heavy atom. The fourth-order valence-corrected chi connectivity index (χ4v) is 2.33. The van der Waals surface area contributed by atoms with Gasteiger partial charge in [0.15, 0.2) is 0 Å². The third kappa shape index (κ3) is 4.41. The summed E-state index contributed by atoms with van der Waals surface area (Å²) in [4.78, 5) is 16.4. The molecule has 0 atom stereocenters. The molecule has 4 nitrogen and oxygen atoms in total. The third-order valence-electron chi connectivity index (χ3n) is 3.56. The molecule has 0 aliphatic rings. The molecule has 1 amide bonds. The second-order valence-corrected chi connectivity index (χ2v) is 5.59. The van der Waals surface area contributed by atoms with E-state index in [0.29, 0.717) is 12.3 Å². The zero-order valence-electron chi connectivity index (χ0n) is 13.7. The topological polar surface area (TPSA) is 51.2 Å². The largest absolute Gasteiger partial charge is 0.438 e. The van der Waals surface area contributed by atoms with Crippen LogP contribution in [0.4, 0.5) is 4.39 Å². The molecular weight excluding hydrogens is 319 g/mol. The van der Waals surface area contributed by atoms with Crippen molar-refractivity contribution in [3.63, 3.8) is 0 Å². The van der Waals surface area contributed by atoms with Gasteiger partial charge in [-0.15, -0.1) is 0 Å². The fraction of sp³-hybridized carbons (Fsp3) is 0.100. The van der Waals surface area contributed by atoms with E-state index in [1.54, 1.807) is 6.07 Å². The van der Waals surface area contributed by atoms with Crippen LogP contribution in [0.25, 0.3) is 0 Å². The number of hydrogen-bond donors (Lipinski definition) is 1. The summed E-state index contributed by atoms with van der Waals surface area (Å²) < 4.78 is 19.3. The number of benzene rings is 2. The van der Waals surface area contributed by atoms with Gasteiger partial charge < -0.3 is 10.1 Å². The molecule has 0 unspecified atom stereocenters. The van der Waals surface area contributed by atoms with E-state index in [2.05, 4.69) is 10.3 Å². The highest BCUT2D eigenvalue weighted by Gasteiger charge is 2.16. The van der Waals surface area contributed by atoms with Crippen molar-refractivity contribution in [3.05, 3.63) is 89.4 Å².